The molecule has 1 saturated carbocycles. The summed E-state index contributed by atoms with van der Waals surface area (Å²) < 4.78 is 1.03. The van der Waals surface area contributed by atoms with Crippen LogP contribution in [0.4, 0.5) is 0 Å². The average Bonchev–Trinajstić information content (AvgIpc) is 2.17. The Morgan fingerprint density at radius 2 is 2.00 bits per heavy atom. The quantitative estimate of drug-likeness (QED) is 0.918. The van der Waals surface area contributed by atoms with Crippen molar-refractivity contribution in [3.05, 3.63) is 34.3 Å². The van der Waals surface area contributed by atoms with Crippen molar-refractivity contribution in [1.82, 2.24) is 0 Å². The molecule has 1 unspecified atom stereocenters. The number of carboxylic acids is 1. The molecule has 1 aromatic rings. The minimum Gasteiger partial charge on any atom is -0.481 e. The highest BCUT2D eigenvalue weighted by atomic mass is 79.9. The number of benzene rings is 1. The molecule has 0 aromatic heterocycles. The van der Waals surface area contributed by atoms with E-state index < -0.39 is 5.97 Å². The van der Waals surface area contributed by atoms with Gasteiger partial charge in [0.2, 0.25) is 0 Å². The third kappa shape index (κ3) is 2.64. The second kappa shape index (κ2) is 5.00. The van der Waals surface area contributed by atoms with Gasteiger partial charge in [0.15, 0.2) is 0 Å². The van der Waals surface area contributed by atoms with Crippen LogP contribution in [0.2, 0.25) is 0 Å². The topological polar surface area (TPSA) is 37.3 Å². The summed E-state index contributed by atoms with van der Waals surface area (Å²) in [6.45, 7) is 0. The lowest BCUT2D eigenvalue weighted by Gasteiger charge is -2.31. The van der Waals surface area contributed by atoms with Gasteiger partial charge < -0.3 is 5.11 Å². The van der Waals surface area contributed by atoms with Crippen LogP contribution in [0.1, 0.15) is 24.8 Å². The van der Waals surface area contributed by atoms with E-state index in [-0.39, 0.29) is 5.92 Å². The van der Waals surface area contributed by atoms with Gasteiger partial charge in [-0.25, -0.2) is 0 Å². The lowest BCUT2D eigenvalue weighted by atomic mass is 9.73. The van der Waals surface area contributed by atoms with Crippen molar-refractivity contribution in [2.75, 3.05) is 0 Å². The Bertz CT molecular complexity index is 368. The molecular weight excluding hydrogens is 268 g/mol. The van der Waals surface area contributed by atoms with Crippen LogP contribution in [0.25, 0.3) is 0 Å². The van der Waals surface area contributed by atoms with Crippen molar-refractivity contribution in [2.24, 2.45) is 11.8 Å². The molecule has 0 aliphatic heterocycles. The highest BCUT2D eigenvalue weighted by Gasteiger charge is 2.32. The van der Waals surface area contributed by atoms with Gasteiger partial charge in [-0.05, 0) is 42.9 Å². The lowest BCUT2D eigenvalue weighted by Crippen LogP contribution is -2.30. The van der Waals surface area contributed by atoms with Gasteiger partial charge in [-0.1, -0.05) is 34.5 Å². The molecule has 1 atom stereocenters. The summed E-state index contributed by atoms with van der Waals surface area (Å²) in [5.41, 5.74) is 1.11. The predicted octanol–water partition coefficient (Wildman–Crippen LogP) is 3.49. The molecule has 86 valence electrons. The Hall–Kier alpha value is -0.830. The molecule has 1 aromatic carbocycles. The van der Waals surface area contributed by atoms with Gasteiger partial charge in [0.25, 0.3) is 0 Å². The van der Waals surface area contributed by atoms with Crippen LogP contribution < -0.4 is 0 Å². The van der Waals surface area contributed by atoms with Crippen LogP contribution in [-0.4, -0.2) is 11.1 Å². The normalized spacial score (nSPS) is 17.8. The van der Waals surface area contributed by atoms with Gasteiger partial charge in [0.1, 0.15) is 0 Å². The van der Waals surface area contributed by atoms with E-state index in [0.29, 0.717) is 12.3 Å². The lowest BCUT2D eigenvalue weighted by molar-refractivity contribution is -0.144. The van der Waals surface area contributed by atoms with E-state index in [0.717, 1.165) is 22.9 Å². The van der Waals surface area contributed by atoms with E-state index in [1.54, 1.807) is 0 Å². The van der Waals surface area contributed by atoms with Crippen molar-refractivity contribution in [3.63, 3.8) is 0 Å². The maximum absolute atomic E-state index is 11.2. The SMILES string of the molecule is O=C(O)C(Cc1ccc(Br)cc1)C1CCC1. The molecule has 0 saturated heterocycles. The third-order valence-corrected chi connectivity index (χ3v) is 3.93. The van der Waals surface area contributed by atoms with Crippen LogP contribution in [0.5, 0.6) is 0 Å². The summed E-state index contributed by atoms with van der Waals surface area (Å²) >= 11 is 3.38. The van der Waals surface area contributed by atoms with Gasteiger partial charge in [-0.3, -0.25) is 4.79 Å². The average molecular weight is 283 g/mol. The van der Waals surface area contributed by atoms with Crippen molar-refractivity contribution < 1.29 is 9.90 Å². The van der Waals surface area contributed by atoms with Crippen molar-refractivity contribution in [1.29, 1.82) is 0 Å². The zero-order chi connectivity index (χ0) is 11.5. The zero-order valence-corrected chi connectivity index (χ0v) is 10.6. The number of carboxylic acid groups (broad SMARTS) is 1. The molecule has 0 bridgehead atoms. The van der Waals surface area contributed by atoms with Gasteiger partial charge in [-0.2, -0.15) is 0 Å². The van der Waals surface area contributed by atoms with E-state index in [2.05, 4.69) is 15.9 Å². The van der Waals surface area contributed by atoms with Gasteiger partial charge in [-0.15, -0.1) is 0 Å². The molecule has 1 aliphatic rings. The smallest absolute Gasteiger partial charge is 0.307 e. The second-order valence-electron chi connectivity index (χ2n) is 4.47. The molecule has 0 heterocycles. The largest absolute Gasteiger partial charge is 0.481 e. The molecule has 1 N–H and O–H groups in total. The maximum atomic E-state index is 11.2. The van der Waals surface area contributed by atoms with E-state index >= 15 is 0 Å². The highest BCUT2D eigenvalue weighted by Crippen LogP contribution is 2.35. The Balaban J connectivity index is 2.04. The van der Waals surface area contributed by atoms with Gasteiger partial charge in [0.05, 0.1) is 5.92 Å². The van der Waals surface area contributed by atoms with E-state index in [1.807, 2.05) is 24.3 Å². The number of halogens is 1. The van der Waals surface area contributed by atoms with Crippen LogP contribution in [0.15, 0.2) is 28.7 Å². The molecule has 16 heavy (non-hydrogen) atoms. The first-order valence-electron chi connectivity index (χ1n) is 5.64. The van der Waals surface area contributed by atoms with Crippen molar-refractivity contribution >= 4 is 21.9 Å². The van der Waals surface area contributed by atoms with Crippen molar-refractivity contribution in [2.45, 2.75) is 25.7 Å². The fourth-order valence-electron chi connectivity index (χ4n) is 2.17. The van der Waals surface area contributed by atoms with Crippen LogP contribution in [0, 0.1) is 11.8 Å². The van der Waals surface area contributed by atoms with E-state index in [9.17, 15) is 9.90 Å². The van der Waals surface area contributed by atoms with Crippen LogP contribution >= 0.6 is 15.9 Å². The summed E-state index contributed by atoms with van der Waals surface area (Å²) in [5.74, 6) is -0.455. The van der Waals surface area contributed by atoms with E-state index in [4.69, 9.17) is 0 Å². The first kappa shape index (κ1) is 11.6. The fraction of sp³-hybridized carbons (Fsp3) is 0.462. The molecule has 3 heteroatoms. The van der Waals surface area contributed by atoms with Gasteiger partial charge >= 0.3 is 5.97 Å². The minimum atomic E-state index is -0.646. The molecule has 2 nitrogen and oxygen atoms in total. The molecule has 0 radical (unpaired) electrons. The standard InChI is InChI=1S/C13H15BrO2/c14-11-6-4-9(5-7-11)8-12(13(15)16)10-2-1-3-10/h4-7,10,12H,1-3,8H2,(H,15,16). The molecular formula is C13H15BrO2. The molecule has 0 amide bonds. The molecule has 1 aliphatic carbocycles. The van der Waals surface area contributed by atoms with Crippen LogP contribution in [0.3, 0.4) is 0 Å². The summed E-state index contributed by atoms with van der Waals surface area (Å²) in [4.78, 5) is 11.2. The number of aliphatic carboxylic acids is 1. The molecule has 2 rings (SSSR count). The summed E-state index contributed by atoms with van der Waals surface area (Å²) in [5, 5.41) is 9.22. The predicted molar refractivity (Wildman–Crippen MR) is 66.3 cm³/mol. The number of rotatable bonds is 4. The first-order chi connectivity index (χ1) is 7.66. The Morgan fingerprint density at radius 3 is 2.44 bits per heavy atom. The number of hydrogen-bond acceptors (Lipinski definition) is 1. The Labute approximate surface area is 104 Å². The first-order valence-corrected chi connectivity index (χ1v) is 6.43. The Morgan fingerprint density at radius 1 is 1.38 bits per heavy atom. The highest BCUT2D eigenvalue weighted by molar-refractivity contribution is 9.10. The van der Waals surface area contributed by atoms with Crippen molar-refractivity contribution in [3.8, 4) is 0 Å². The van der Waals surface area contributed by atoms with Crippen LogP contribution in [-0.2, 0) is 11.2 Å². The maximum Gasteiger partial charge on any atom is 0.307 e. The summed E-state index contributed by atoms with van der Waals surface area (Å²) in [6.07, 6.45) is 4.00. The minimum absolute atomic E-state index is 0.199. The summed E-state index contributed by atoms with van der Waals surface area (Å²) in [7, 11) is 0. The Kier molecular flexibility index (Phi) is 3.64. The monoisotopic (exact) mass is 282 g/mol. The zero-order valence-electron chi connectivity index (χ0n) is 9.03. The fourth-order valence-corrected chi connectivity index (χ4v) is 2.44. The third-order valence-electron chi connectivity index (χ3n) is 3.40. The number of carbonyl (C=O) groups is 1. The molecule has 1 fully saturated rings. The molecule has 0 spiro atoms. The number of hydrogen-bond donors (Lipinski definition) is 1. The summed E-state index contributed by atoms with van der Waals surface area (Å²) in [6, 6.07) is 7.93. The van der Waals surface area contributed by atoms with Gasteiger partial charge in [0, 0.05) is 4.47 Å². The van der Waals surface area contributed by atoms with E-state index in [1.165, 1.54) is 6.42 Å². The second-order valence-corrected chi connectivity index (χ2v) is 5.38.